The maximum atomic E-state index is 11.1. The SMILES string of the molecule is CCOc1ccc(NC(=O)CBr)cc1CO. The number of hydrogen-bond donors (Lipinski definition) is 2. The third kappa shape index (κ3) is 3.50. The molecule has 1 amide bonds. The van der Waals surface area contributed by atoms with Crippen molar-refractivity contribution < 1.29 is 14.6 Å². The van der Waals surface area contributed by atoms with Crippen molar-refractivity contribution in [1.29, 1.82) is 0 Å². The number of rotatable bonds is 5. The number of carbonyl (C=O) groups excluding carboxylic acids is 1. The van der Waals surface area contributed by atoms with E-state index >= 15 is 0 Å². The van der Waals surface area contributed by atoms with Gasteiger partial charge in [0.25, 0.3) is 0 Å². The average Bonchev–Trinajstić information content (AvgIpc) is 2.31. The van der Waals surface area contributed by atoms with Gasteiger partial charge in [0.2, 0.25) is 5.91 Å². The number of aliphatic hydroxyl groups is 1. The lowest BCUT2D eigenvalue weighted by Crippen LogP contribution is -2.12. The molecule has 1 aromatic carbocycles. The number of hydrogen-bond acceptors (Lipinski definition) is 3. The second kappa shape index (κ2) is 6.50. The maximum absolute atomic E-state index is 11.1. The van der Waals surface area contributed by atoms with Crippen LogP contribution in [-0.2, 0) is 11.4 Å². The van der Waals surface area contributed by atoms with Gasteiger partial charge in [-0.2, -0.15) is 0 Å². The third-order valence-electron chi connectivity index (χ3n) is 1.94. The molecule has 0 aliphatic rings. The molecule has 0 radical (unpaired) electrons. The minimum Gasteiger partial charge on any atom is -0.494 e. The fourth-order valence-corrected chi connectivity index (χ4v) is 1.41. The van der Waals surface area contributed by atoms with Gasteiger partial charge >= 0.3 is 0 Å². The lowest BCUT2D eigenvalue weighted by atomic mass is 10.2. The molecule has 0 heterocycles. The topological polar surface area (TPSA) is 58.6 Å². The molecule has 16 heavy (non-hydrogen) atoms. The number of alkyl halides is 1. The standard InChI is InChI=1S/C11H14BrNO3/c1-2-16-10-4-3-9(5-8(10)7-14)13-11(15)6-12/h3-5,14H,2,6-7H2,1H3,(H,13,15). The zero-order valence-electron chi connectivity index (χ0n) is 9.00. The molecular weight excluding hydrogens is 274 g/mol. The van der Waals surface area contributed by atoms with Crippen LogP contribution < -0.4 is 10.1 Å². The van der Waals surface area contributed by atoms with E-state index in [1.807, 2.05) is 6.92 Å². The summed E-state index contributed by atoms with van der Waals surface area (Å²) in [4.78, 5) is 11.1. The molecule has 0 bridgehead atoms. The number of aliphatic hydroxyl groups excluding tert-OH is 1. The van der Waals surface area contributed by atoms with Gasteiger partial charge in [-0.15, -0.1) is 0 Å². The normalized spacial score (nSPS) is 9.94. The molecule has 1 rings (SSSR count). The van der Waals surface area contributed by atoms with E-state index in [0.29, 0.717) is 23.6 Å². The molecule has 1 aromatic rings. The molecule has 0 spiro atoms. The second-order valence-corrected chi connectivity index (χ2v) is 3.66. The minimum absolute atomic E-state index is 0.118. The van der Waals surface area contributed by atoms with E-state index in [1.54, 1.807) is 18.2 Å². The first-order valence-electron chi connectivity index (χ1n) is 4.93. The van der Waals surface area contributed by atoms with Crippen LogP contribution in [0.1, 0.15) is 12.5 Å². The van der Waals surface area contributed by atoms with Gasteiger partial charge in [-0.05, 0) is 25.1 Å². The first kappa shape index (κ1) is 13.0. The highest BCUT2D eigenvalue weighted by Crippen LogP contribution is 2.23. The summed E-state index contributed by atoms with van der Waals surface area (Å²) < 4.78 is 5.33. The molecule has 2 N–H and O–H groups in total. The number of anilines is 1. The van der Waals surface area contributed by atoms with E-state index in [4.69, 9.17) is 9.84 Å². The van der Waals surface area contributed by atoms with Gasteiger partial charge in [0.1, 0.15) is 5.75 Å². The Hall–Kier alpha value is -1.07. The van der Waals surface area contributed by atoms with E-state index in [9.17, 15) is 4.79 Å². The molecule has 0 aromatic heterocycles. The molecule has 0 saturated carbocycles. The molecule has 0 unspecified atom stereocenters. The van der Waals surface area contributed by atoms with Gasteiger partial charge < -0.3 is 15.2 Å². The van der Waals surface area contributed by atoms with Crippen LogP contribution in [0.3, 0.4) is 0 Å². The van der Waals surface area contributed by atoms with Crippen LogP contribution in [-0.4, -0.2) is 23.0 Å². The predicted molar refractivity (Wildman–Crippen MR) is 66.0 cm³/mol. The van der Waals surface area contributed by atoms with Crippen LogP contribution >= 0.6 is 15.9 Å². The monoisotopic (exact) mass is 287 g/mol. The Bertz CT molecular complexity index is 368. The highest BCUT2D eigenvalue weighted by atomic mass is 79.9. The highest BCUT2D eigenvalue weighted by molar-refractivity contribution is 9.09. The van der Waals surface area contributed by atoms with Crippen molar-refractivity contribution in [3.05, 3.63) is 23.8 Å². The lowest BCUT2D eigenvalue weighted by Gasteiger charge is -2.10. The Morgan fingerprint density at radius 3 is 2.88 bits per heavy atom. The van der Waals surface area contributed by atoms with Gasteiger partial charge in [-0.1, -0.05) is 15.9 Å². The Balaban J connectivity index is 2.86. The van der Waals surface area contributed by atoms with Crippen molar-refractivity contribution in [1.82, 2.24) is 0 Å². The van der Waals surface area contributed by atoms with Crippen molar-refractivity contribution in [2.75, 3.05) is 17.3 Å². The van der Waals surface area contributed by atoms with E-state index in [1.165, 1.54) is 0 Å². The summed E-state index contributed by atoms with van der Waals surface area (Å²) in [7, 11) is 0. The van der Waals surface area contributed by atoms with Crippen molar-refractivity contribution in [3.63, 3.8) is 0 Å². The summed E-state index contributed by atoms with van der Waals surface area (Å²) in [6.07, 6.45) is 0. The van der Waals surface area contributed by atoms with Crippen molar-refractivity contribution in [2.45, 2.75) is 13.5 Å². The van der Waals surface area contributed by atoms with Gasteiger partial charge in [0.15, 0.2) is 0 Å². The summed E-state index contributed by atoms with van der Waals surface area (Å²) >= 11 is 3.06. The summed E-state index contributed by atoms with van der Waals surface area (Å²) in [6, 6.07) is 5.18. The number of amides is 1. The van der Waals surface area contributed by atoms with Gasteiger partial charge in [0.05, 0.1) is 18.5 Å². The second-order valence-electron chi connectivity index (χ2n) is 3.10. The molecule has 0 atom stereocenters. The largest absolute Gasteiger partial charge is 0.494 e. The smallest absolute Gasteiger partial charge is 0.235 e. The van der Waals surface area contributed by atoms with Gasteiger partial charge in [-0.3, -0.25) is 4.79 Å². The van der Waals surface area contributed by atoms with Crippen molar-refractivity contribution >= 4 is 27.5 Å². The molecule has 0 fully saturated rings. The van der Waals surface area contributed by atoms with E-state index in [0.717, 1.165) is 0 Å². The summed E-state index contributed by atoms with van der Waals surface area (Å²) in [5.74, 6) is 0.509. The van der Waals surface area contributed by atoms with E-state index in [2.05, 4.69) is 21.2 Å². The fourth-order valence-electron chi connectivity index (χ4n) is 1.27. The Kier molecular flexibility index (Phi) is 5.28. The number of carbonyl (C=O) groups is 1. The summed E-state index contributed by atoms with van der Waals surface area (Å²) in [5.41, 5.74) is 1.31. The first-order valence-corrected chi connectivity index (χ1v) is 6.05. The molecule has 5 heteroatoms. The highest BCUT2D eigenvalue weighted by Gasteiger charge is 2.05. The Morgan fingerprint density at radius 1 is 1.56 bits per heavy atom. The van der Waals surface area contributed by atoms with Crippen LogP contribution in [0.15, 0.2) is 18.2 Å². The number of nitrogens with one attached hydrogen (secondary N) is 1. The first-order chi connectivity index (χ1) is 7.71. The van der Waals surface area contributed by atoms with E-state index in [-0.39, 0.29) is 17.8 Å². The van der Waals surface area contributed by atoms with Crippen molar-refractivity contribution in [2.24, 2.45) is 0 Å². The van der Waals surface area contributed by atoms with Crippen LogP contribution in [0.5, 0.6) is 5.75 Å². The number of halogens is 1. The molecule has 88 valence electrons. The molecule has 0 saturated heterocycles. The summed E-state index contributed by atoms with van der Waals surface area (Å²) in [6.45, 7) is 2.30. The zero-order chi connectivity index (χ0) is 12.0. The van der Waals surface area contributed by atoms with E-state index < -0.39 is 0 Å². The van der Waals surface area contributed by atoms with Crippen LogP contribution in [0.2, 0.25) is 0 Å². The predicted octanol–water partition coefficient (Wildman–Crippen LogP) is 1.91. The van der Waals surface area contributed by atoms with Crippen molar-refractivity contribution in [3.8, 4) is 5.75 Å². The molecule has 0 aliphatic heterocycles. The van der Waals surface area contributed by atoms with Gasteiger partial charge in [0, 0.05) is 11.3 Å². The number of benzene rings is 1. The maximum Gasteiger partial charge on any atom is 0.235 e. The molecular formula is C11H14BrNO3. The lowest BCUT2D eigenvalue weighted by molar-refractivity contribution is -0.113. The van der Waals surface area contributed by atoms with Gasteiger partial charge in [-0.25, -0.2) is 0 Å². The average molecular weight is 288 g/mol. The summed E-state index contributed by atoms with van der Waals surface area (Å²) in [5, 5.41) is 12.1. The third-order valence-corrected chi connectivity index (χ3v) is 2.45. The van der Waals surface area contributed by atoms with Crippen LogP contribution in [0.25, 0.3) is 0 Å². The Labute approximate surface area is 103 Å². The fraction of sp³-hybridized carbons (Fsp3) is 0.364. The Morgan fingerprint density at radius 2 is 2.31 bits per heavy atom. The zero-order valence-corrected chi connectivity index (χ0v) is 10.6. The quantitative estimate of drug-likeness (QED) is 0.814. The molecule has 0 aliphatic carbocycles. The van der Waals surface area contributed by atoms with Crippen LogP contribution in [0, 0.1) is 0 Å². The number of ether oxygens (including phenoxy) is 1. The van der Waals surface area contributed by atoms with Crippen LogP contribution in [0.4, 0.5) is 5.69 Å². The minimum atomic E-state index is -0.131. The molecule has 4 nitrogen and oxygen atoms in total.